The van der Waals surface area contributed by atoms with E-state index in [0.29, 0.717) is 24.4 Å². The van der Waals surface area contributed by atoms with Crippen LogP contribution in [0.3, 0.4) is 0 Å². The van der Waals surface area contributed by atoms with Gasteiger partial charge < -0.3 is 14.7 Å². The lowest BCUT2D eigenvalue weighted by atomic mass is 10.2. The third-order valence-electron chi connectivity index (χ3n) is 3.08. The number of carboxylic acid groups (broad SMARTS) is 1. The maximum absolute atomic E-state index is 12.1. The van der Waals surface area contributed by atoms with Gasteiger partial charge in [0.05, 0.1) is 5.69 Å². The van der Waals surface area contributed by atoms with Gasteiger partial charge in [-0.1, -0.05) is 18.6 Å². The van der Waals surface area contributed by atoms with Crippen LogP contribution in [-0.2, 0) is 9.59 Å². The monoisotopic (exact) mass is 263 g/mol. The van der Waals surface area contributed by atoms with Gasteiger partial charge in [-0.2, -0.15) is 0 Å². The van der Waals surface area contributed by atoms with Crippen LogP contribution in [0.2, 0.25) is 0 Å². The van der Waals surface area contributed by atoms with Crippen molar-refractivity contribution < 1.29 is 19.4 Å². The lowest BCUT2D eigenvalue weighted by Gasteiger charge is -2.23. The average molecular weight is 263 g/mol. The van der Waals surface area contributed by atoms with E-state index in [9.17, 15) is 9.59 Å². The van der Waals surface area contributed by atoms with Crippen molar-refractivity contribution in [3.05, 3.63) is 24.3 Å². The second-order valence-corrected chi connectivity index (χ2v) is 4.51. The number of benzene rings is 1. The molecular formula is C14H17NO4. The number of nitrogens with zero attached hydrogens (tertiary/aromatic N) is 1. The maximum atomic E-state index is 12.1. The fraction of sp³-hybridized carbons (Fsp3) is 0.429. The summed E-state index contributed by atoms with van der Waals surface area (Å²) < 4.78 is 5.25. The highest BCUT2D eigenvalue weighted by atomic mass is 16.5. The first-order chi connectivity index (χ1) is 9.18. The maximum Gasteiger partial charge on any atom is 0.341 e. The zero-order chi connectivity index (χ0) is 13.7. The summed E-state index contributed by atoms with van der Waals surface area (Å²) in [5, 5.41) is 8.67. The molecule has 0 radical (unpaired) electrons. The van der Waals surface area contributed by atoms with Crippen LogP contribution < -0.4 is 9.64 Å². The van der Waals surface area contributed by atoms with Crippen LogP contribution in [0.5, 0.6) is 5.75 Å². The molecular weight excluding hydrogens is 246 g/mol. The molecule has 1 N–H and O–H groups in total. The van der Waals surface area contributed by atoms with Crippen LogP contribution in [0, 0.1) is 0 Å². The third-order valence-corrected chi connectivity index (χ3v) is 3.08. The lowest BCUT2D eigenvalue weighted by Crippen LogP contribution is -2.30. The molecule has 102 valence electrons. The molecule has 0 aromatic heterocycles. The van der Waals surface area contributed by atoms with Crippen LogP contribution in [0.25, 0.3) is 0 Å². The van der Waals surface area contributed by atoms with Crippen molar-refractivity contribution in [2.75, 3.05) is 18.1 Å². The van der Waals surface area contributed by atoms with E-state index < -0.39 is 12.6 Å². The van der Waals surface area contributed by atoms with Gasteiger partial charge >= 0.3 is 5.97 Å². The van der Waals surface area contributed by atoms with Gasteiger partial charge in [0, 0.05) is 13.0 Å². The summed E-state index contributed by atoms with van der Waals surface area (Å²) in [5.41, 5.74) is 0.663. The first kappa shape index (κ1) is 13.4. The predicted octanol–water partition coefficient (Wildman–Crippen LogP) is 2.06. The minimum absolute atomic E-state index is 0.0730. The highest BCUT2D eigenvalue weighted by Crippen LogP contribution is 2.30. The molecule has 0 bridgehead atoms. The molecule has 1 saturated heterocycles. The Hall–Kier alpha value is -2.04. The Labute approximate surface area is 111 Å². The van der Waals surface area contributed by atoms with E-state index in [0.717, 1.165) is 19.3 Å². The van der Waals surface area contributed by atoms with Crippen molar-refractivity contribution in [2.45, 2.75) is 25.7 Å². The largest absolute Gasteiger partial charge is 0.480 e. The molecule has 1 aromatic carbocycles. The van der Waals surface area contributed by atoms with Crippen molar-refractivity contribution >= 4 is 17.6 Å². The predicted molar refractivity (Wildman–Crippen MR) is 70.4 cm³/mol. The van der Waals surface area contributed by atoms with Gasteiger partial charge in [-0.3, -0.25) is 4.79 Å². The molecule has 2 rings (SSSR count). The zero-order valence-electron chi connectivity index (χ0n) is 10.7. The summed E-state index contributed by atoms with van der Waals surface area (Å²) in [4.78, 5) is 24.3. The third kappa shape index (κ3) is 3.47. The Morgan fingerprint density at radius 3 is 2.84 bits per heavy atom. The Kier molecular flexibility index (Phi) is 4.39. The van der Waals surface area contributed by atoms with Crippen molar-refractivity contribution in [1.82, 2.24) is 0 Å². The van der Waals surface area contributed by atoms with Crippen LogP contribution >= 0.6 is 0 Å². The SMILES string of the molecule is O=C(O)COc1ccccc1N1CCCCCC1=O. The van der Waals surface area contributed by atoms with Crippen LogP contribution in [-0.4, -0.2) is 30.1 Å². The first-order valence-corrected chi connectivity index (χ1v) is 6.42. The number of anilines is 1. The number of carbonyl (C=O) groups is 2. The number of para-hydroxylation sites is 2. The fourth-order valence-corrected chi connectivity index (χ4v) is 2.18. The first-order valence-electron chi connectivity index (χ1n) is 6.42. The molecule has 0 atom stereocenters. The number of aliphatic carboxylic acids is 1. The minimum Gasteiger partial charge on any atom is -0.480 e. The molecule has 19 heavy (non-hydrogen) atoms. The van der Waals surface area contributed by atoms with Gasteiger partial charge in [0.2, 0.25) is 5.91 Å². The van der Waals surface area contributed by atoms with Crippen LogP contribution in [0.4, 0.5) is 5.69 Å². The molecule has 1 amide bonds. The summed E-state index contributed by atoms with van der Waals surface area (Å²) in [7, 11) is 0. The van der Waals surface area contributed by atoms with E-state index in [-0.39, 0.29) is 5.91 Å². The van der Waals surface area contributed by atoms with Gasteiger partial charge in [-0.05, 0) is 25.0 Å². The smallest absolute Gasteiger partial charge is 0.341 e. The summed E-state index contributed by atoms with van der Waals surface area (Å²) in [6.45, 7) is 0.255. The highest BCUT2D eigenvalue weighted by molar-refractivity contribution is 5.95. The van der Waals surface area contributed by atoms with Crippen molar-refractivity contribution in [3.8, 4) is 5.75 Å². The topological polar surface area (TPSA) is 66.8 Å². The normalized spacial score (nSPS) is 16.0. The molecule has 1 heterocycles. The Morgan fingerprint density at radius 1 is 1.26 bits per heavy atom. The molecule has 1 aliphatic heterocycles. The molecule has 1 aliphatic rings. The molecule has 5 nitrogen and oxygen atoms in total. The van der Waals surface area contributed by atoms with E-state index >= 15 is 0 Å². The van der Waals surface area contributed by atoms with Gasteiger partial charge in [-0.25, -0.2) is 4.79 Å². The van der Waals surface area contributed by atoms with E-state index in [1.807, 2.05) is 6.07 Å². The van der Waals surface area contributed by atoms with E-state index in [1.54, 1.807) is 23.1 Å². The lowest BCUT2D eigenvalue weighted by molar-refractivity contribution is -0.139. The number of carboxylic acids is 1. The van der Waals surface area contributed by atoms with Gasteiger partial charge in [0.1, 0.15) is 5.75 Å². The molecule has 5 heteroatoms. The number of hydrogen-bond donors (Lipinski definition) is 1. The van der Waals surface area contributed by atoms with E-state index in [4.69, 9.17) is 9.84 Å². The number of rotatable bonds is 4. The van der Waals surface area contributed by atoms with Crippen LogP contribution in [0.1, 0.15) is 25.7 Å². The number of amides is 1. The summed E-state index contributed by atoms with van der Waals surface area (Å²) in [5.74, 6) is -0.513. The van der Waals surface area contributed by atoms with Crippen LogP contribution in [0.15, 0.2) is 24.3 Å². The second-order valence-electron chi connectivity index (χ2n) is 4.51. The standard InChI is InChI=1S/C14H17NO4/c16-13-8-2-1-5-9-15(13)11-6-3-4-7-12(11)19-10-14(17)18/h3-4,6-7H,1-2,5,8-10H2,(H,17,18). The number of ether oxygens (including phenoxy) is 1. The summed E-state index contributed by atoms with van der Waals surface area (Å²) >= 11 is 0. The van der Waals surface area contributed by atoms with Gasteiger partial charge in [-0.15, -0.1) is 0 Å². The Balaban J connectivity index is 2.22. The molecule has 0 saturated carbocycles. The van der Waals surface area contributed by atoms with Crippen molar-refractivity contribution in [3.63, 3.8) is 0 Å². The fourth-order valence-electron chi connectivity index (χ4n) is 2.18. The molecule has 1 aromatic rings. The van der Waals surface area contributed by atoms with E-state index in [2.05, 4.69) is 0 Å². The van der Waals surface area contributed by atoms with Crippen molar-refractivity contribution in [1.29, 1.82) is 0 Å². The molecule has 0 unspecified atom stereocenters. The average Bonchev–Trinajstić information content (AvgIpc) is 2.61. The number of carbonyl (C=O) groups excluding carboxylic acids is 1. The Morgan fingerprint density at radius 2 is 2.05 bits per heavy atom. The molecule has 1 fully saturated rings. The van der Waals surface area contributed by atoms with Crippen molar-refractivity contribution in [2.24, 2.45) is 0 Å². The summed E-state index contributed by atoms with van der Waals surface area (Å²) in [6.07, 6.45) is 3.44. The zero-order valence-corrected chi connectivity index (χ0v) is 10.7. The quantitative estimate of drug-likeness (QED) is 0.902. The molecule has 0 aliphatic carbocycles. The summed E-state index contributed by atoms with van der Waals surface area (Å²) in [6, 6.07) is 7.07. The Bertz CT molecular complexity index is 472. The van der Waals surface area contributed by atoms with E-state index in [1.165, 1.54) is 0 Å². The van der Waals surface area contributed by atoms with Gasteiger partial charge in [0.15, 0.2) is 6.61 Å². The number of hydrogen-bond acceptors (Lipinski definition) is 3. The second kappa shape index (κ2) is 6.22. The highest BCUT2D eigenvalue weighted by Gasteiger charge is 2.21. The molecule has 0 spiro atoms. The van der Waals surface area contributed by atoms with Gasteiger partial charge in [0.25, 0.3) is 0 Å². The minimum atomic E-state index is -1.03.